The first-order chi connectivity index (χ1) is 12.9. The van der Waals surface area contributed by atoms with Crippen molar-refractivity contribution in [2.45, 2.75) is 19.4 Å². The number of sulfonamides is 1. The van der Waals surface area contributed by atoms with Gasteiger partial charge in [-0.05, 0) is 42.7 Å². The Hall–Kier alpha value is -2.54. The Balaban J connectivity index is 1.59. The summed E-state index contributed by atoms with van der Waals surface area (Å²) in [6.07, 6.45) is 3.01. The van der Waals surface area contributed by atoms with Crippen LogP contribution in [0.2, 0.25) is 0 Å². The van der Waals surface area contributed by atoms with Gasteiger partial charge in [0.15, 0.2) is 0 Å². The lowest BCUT2D eigenvalue weighted by Gasteiger charge is -2.23. The standard InChI is InChI=1S/C20H24N2O4S/c1-27(24,25)22(14-13-21-20(23)17-7-8-17)18-9-11-19(12-10-18)26-15-16-5-3-2-4-6-16/h2-6,9-12,17H,7-8,13-15H2,1H3,(H,21,23). The number of nitrogens with one attached hydrogen (secondary N) is 1. The molecule has 0 aromatic heterocycles. The third kappa shape index (κ3) is 5.72. The highest BCUT2D eigenvalue weighted by atomic mass is 32.2. The molecule has 27 heavy (non-hydrogen) atoms. The zero-order chi connectivity index (χ0) is 19.3. The second-order valence-electron chi connectivity index (χ2n) is 6.67. The number of hydrogen-bond donors (Lipinski definition) is 1. The van der Waals surface area contributed by atoms with Gasteiger partial charge in [0.1, 0.15) is 12.4 Å². The SMILES string of the molecule is CS(=O)(=O)N(CCNC(=O)C1CC1)c1ccc(OCc2ccccc2)cc1. The molecule has 0 unspecified atom stereocenters. The minimum Gasteiger partial charge on any atom is -0.489 e. The molecule has 7 heteroatoms. The van der Waals surface area contributed by atoms with E-state index in [1.807, 2.05) is 30.3 Å². The minimum absolute atomic E-state index is 0.00751. The fraction of sp³-hybridized carbons (Fsp3) is 0.350. The van der Waals surface area contributed by atoms with Crippen LogP contribution in [0.15, 0.2) is 54.6 Å². The monoisotopic (exact) mass is 388 g/mol. The number of ether oxygens (including phenoxy) is 1. The van der Waals surface area contributed by atoms with Crippen molar-refractivity contribution in [1.82, 2.24) is 5.32 Å². The molecule has 2 aromatic rings. The Morgan fingerprint density at radius 2 is 1.78 bits per heavy atom. The largest absolute Gasteiger partial charge is 0.489 e. The number of carbonyl (C=O) groups excluding carboxylic acids is 1. The van der Waals surface area contributed by atoms with Gasteiger partial charge in [-0.25, -0.2) is 8.42 Å². The van der Waals surface area contributed by atoms with E-state index in [-0.39, 0.29) is 24.9 Å². The summed E-state index contributed by atoms with van der Waals surface area (Å²) in [6.45, 7) is 0.930. The summed E-state index contributed by atoms with van der Waals surface area (Å²) in [4.78, 5) is 11.7. The van der Waals surface area contributed by atoms with Crippen molar-refractivity contribution >= 4 is 21.6 Å². The van der Waals surface area contributed by atoms with Crippen LogP contribution in [0.3, 0.4) is 0 Å². The van der Waals surface area contributed by atoms with Crippen molar-refractivity contribution in [3.63, 3.8) is 0 Å². The fourth-order valence-corrected chi connectivity index (χ4v) is 3.63. The second-order valence-corrected chi connectivity index (χ2v) is 8.58. The molecule has 2 aromatic carbocycles. The van der Waals surface area contributed by atoms with Crippen molar-refractivity contribution < 1.29 is 17.9 Å². The molecule has 1 aliphatic carbocycles. The summed E-state index contributed by atoms with van der Waals surface area (Å²) in [5, 5.41) is 2.80. The van der Waals surface area contributed by atoms with E-state index < -0.39 is 10.0 Å². The smallest absolute Gasteiger partial charge is 0.232 e. The first kappa shape index (κ1) is 19.2. The quantitative estimate of drug-likeness (QED) is 0.716. The van der Waals surface area contributed by atoms with Crippen LogP contribution in [0, 0.1) is 5.92 Å². The molecule has 1 N–H and O–H groups in total. The van der Waals surface area contributed by atoms with Crippen molar-refractivity contribution in [3.8, 4) is 5.75 Å². The highest BCUT2D eigenvalue weighted by Crippen LogP contribution is 2.28. The zero-order valence-electron chi connectivity index (χ0n) is 15.3. The predicted octanol–water partition coefficient (Wildman–Crippen LogP) is 2.56. The second kappa shape index (κ2) is 8.43. The van der Waals surface area contributed by atoms with Gasteiger partial charge in [-0.3, -0.25) is 9.10 Å². The zero-order valence-corrected chi connectivity index (χ0v) is 16.1. The summed E-state index contributed by atoms with van der Waals surface area (Å²) in [5.41, 5.74) is 1.61. The van der Waals surface area contributed by atoms with Crippen molar-refractivity contribution in [2.24, 2.45) is 5.92 Å². The summed E-state index contributed by atoms with van der Waals surface area (Å²) in [5.74, 6) is 0.781. The predicted molar refractivity (Wildman–Crippen MR) is 105 cm³/mol. The molecule has 0 spiro atoms. The molecule has 0 saturated heterocycles. The van der Waals surface area contributed by atoms with Crippen molar-refractivity contribution in [3.05, 3.63) is 60.2 Å². The van der Waals surface area contributed by atoms with Gasteiger partial charge in [-0.1, -0.05) is 30.3 Å². The maximum Gasteiger partial charge on any atom is 0.232 e. The van der Waals surface area contributed by atoms with E-state index in [2.05, 4.69) is 5.32 Å². The highest BCUT2D eigenvalue weighted by molar-refractivity contribution is 7.92. The first-order valence-electron chi connectivity index (χ1n) is 8.96. The Bertz CT molecular complexity index is 863. The van der Waals surface area contributed by atoms with Gasteiger partial charge >= 0.3 is 0 Å². The van der Waals surface area contributed by atoms with E-state index in [0.29, 0.717) is 18.0 Å². The number of amides is 1. The molecule has 3 rings (SSSR count). The summed E-state index contributed by atoms with van der Waals surface area (Å²) in [6, 6.07) is 16.7. The van der Waals surface area contributed by atoms with E-state index in [4.69, 9.17) is 4.74 Å². The molecule has 0 heterocycles. The van der Waals surface area contributed by atoms with Crippen LogP contribution in [-0.4, -0.2) is 33.7 Å². The van der Waals surface area contributed by atoms with Gasteiger partial charge in [0.25, 0.3) is 0 Å². The van der Waals surface area contributed by atoms with Crippen LogP contribution in [0.1, 0.15) is 18.4 Å². The maximum atomic E-state index is 12.1. The minimum atomic E-state index is -3.45. The van der Waals surface area contributed by atoms with Gasteiger partial charge in [0.2, 0.25) is 15.9 Å². The third-order valence-electron chi connectivity index (χ3n) is 4.34. The van der Waals surface area contributed by atoms with Crippen LogP contribution < -0.4 is 14.4 Å². The molecule has 0 radical (unpaired) electrons. The molecule has 1 amide bonds. The Kier molecular flexibility index (Phi) is 6.01. The normalized spacial score (nSPS) is 13.8. The molecule has 1 aliphatic rings. The number of carbonyl (C=O) groups is 1. The number of nitrogens with zero attached hydrogens (tertiary/aromatic N) is 1. The summed E-state index contributed by atoms with van der Waals surface area (Å²) < 4.78 is 31.3. The topological polar surface area (TPSA) is 75.7 Å². The molecular formula is C20H24N2O4S. The number of hydrogen-bond acceptors (Lipinski definition) is 4. The molecule has 1 saturated carbocycles. The van der Waals surface area contributed by atoms with Crippen LogP contribution in [-0.2, 0) is 21.4 Å². The van der Waals surface area contributed by atoms with Gasteiger partial charge in [0, 0.05) is 12.5 Å². The Morgan fingerprint density at radius 1 is 1.11 bits per heavy atom. The third-order valence-corrected chi connectivity index (χ3v) is 5.53. The summed E-state index contributed by atoms with van der Waals surface area (Å²) in [7, 11) is -3.45. The molecule has 0 aliphatic heterocycles. The maximum absolute atomic E-state index is 12.1. The lowest BCUT2D eigenvalue weighted by molar-refractivity contribution is -0.122. The molecule has 1 fully saturated rings. The highest BCUT2D eigenvalue weighted by Gasteiger charge is 2.29. The van der Waals surface area contributed by atoms with Gasteiger partial charge < -0.3 is 10.1 Å². The van der Waals surface area contributed by atoms with Gasteiger partial charge in [-0.2, -0.15) is 0 Å². The average Bonchev–Trinajstić information content (AvgIpc) is 3.49. The van der Waals surface area contributed by atoms with Crippen LogP contribution in [0.4, 0.5) is 5.69 Å². The van der Waals surface area contributed by atoms with Crippen molar-refractivity contribution in [2.75, 3.05) is 23.7 Å². The van der Waals surface area contributed by atoms with Gasteiger partial charge in [-0.15, -0.1) is 0 Å². The van der Waals surface area contributed by atoms with E-state index in [1.54, 1.807) is 24.3 Å². The van der Waals surface area contributed by atoms with Crippen LogP contribution in [0.5, 0.6) is 5.75 Å². The van der Waals surface area contributed by atoms with Crippen LogP contribution >= 0.6 is 0 Å². The van der Waals surface area contributed by atoms with E-state index in [0.717, 1.165) is 24.7 Å². The van der Waals surface area contributed by atoms with Crippen LogP contribution in [0.25, 0.3) is 0 Å². The van der Waals surface area contributed by atoms with E-state index >= 15 is 0 Å². The molecular weight excluding hydrogens is 364 g/mol. The number of rotatable bonds is 9. The molecule has 144 valence electrons. The lowest BCUT2D eigenvalue weighted by Crippen LogP contribution is -2.38. The Labute approximate surface area is 160 Å². The number of benzene rings is 2. The summed E-state index contributed by atoms with van der Waals surface area (Å²) >= 11 is 0. The number of anilines is 1. The average molecular weight is 388 g/mol. The molecule has 0 atom stereocenters. The van der Waals surface area contributed by atoms with Crippen molar-refractivity contribution in [1.29, 1.82) is 0 Å². The Morgan fingerprint density at radius 3 is 2.37 bits per heavy atom. The first-order valence-corrected chi connectivity index (χ1v) is 10.8. The molecule has 6 nitrogen and oxygen atoms in total. The lowest BCUT2D eigenvalue weighted by atomic mass is 10.2. The fourth-order valence-electron chi connectivity index (χ4n) is 2.71. The molecule has 0 bridgehead atoms. The van der Waals surface area contributed by atoms with Gasteiger partial charge in [0.05, 0.1) is 18.5 Å². The van der Waals surface area contributed by atoms with E-state index in [1.165, 1.54) is 4.31 Å². The van der Waals surface area contributed by atoms with E-state index in [9.17, 15) is 13.2 Å².